The van der Waals surface area contributed by atoms with Gasteiger partial charge < -0.3 is 18.6 Å². The third kappa shape index (κ3) is 14.3. The number of hydrogen-bond acceptors (Lipinski definition) is 8. The molecule has 0 atom stereocenters. The molecule has 0 aliphatic heterocycles. The molecule has 0 aliphatic rings. The number of benzene rings is 2. The topological polar surface area (TPSA) is 133 Å². The van der Waals surface area contributed by atoms with Crippen LogP contribution in [0.1, 0.15) is 0 Å². The summed E-state index contributed by atoms with van der Waals surface area (Å²) in [5, 5.41) is 0. The minimum absolute atomic E-state index is 0. The molecule has 0 aromatic heterocycles. The van der Waals surface area contributed by atoms with Crippen LogP contribution in [-0.4, -0.2) is 86.7 Å². The van der Waals surface area contributed by atoms with Gasteiger partial charge in [0.2, 0.25) is 0 Å². The fourth-order valence-corrected chi connectivity index (χ4v) is 1.87. The Morgan fingerprint density at radius 2 is 0.920 bits per heavy atom. The molecule has 0 fully saturated rings. The summed E-state index contributed by atoms with van der Waals surface area (Å²) in [5.41, 5.74) is 0. The Balaban J connectivity index is 0.000000443. The van der Waals surface area contributed by atoms with Crippen LogP contribution in [0.2, 0.25) is 0 Å². The van der Waals surface area contributed by atoms with Crippen LogP contribution in [0.4, 0.5) is 0 Å². The maximum Gasteiger partial charge on any atom is 2.00 e. The Labute approximate surface area is 186 Å². The standard InChI is InChI=1S/2C7H8O4S.Ba/c2*8-12(9,10)6-11-7-4-2-1-3-5-7;/h2*1-5H,6H2,(H,8,9,10);/q;;+2/p-2. The van der Waals surface area contributed by atoms with E-state index in [4.69, 9.17) is 0 Å². The van der Waals surface area contributed by atoms with Crippen molar-refractivity contribution in [3.8, 4) is 11.5 Å². The van der Waals surface area contributed by atoms with Crippen molar-refractivity contribution in [2.45, 2.75) is 0 Å². The molecular weight excluding hydrogens is 498 g/mol. The molecule has 2 rings (SSSR count). The second kappa shape index (κ2) is 11.9. The SMILES string of the molecule is O=S(=O)([O-])COc1ccccc1.O=S(=O)([O-])COc1ccccc1.[Ba+2]. The molecule has 0 saturated carbocycles. The van der Waals surface area contributed by atoms with Crippen molar-refractivity contribution in [2.24, 2.45) is 0 Å². The number of para-hydroxylation sites is 2. The Bertz CT molecular complexity index is 737. The zero-order chi connectivity index (χ0) is 18.1. The first kappa shape index (κ1) is 24.4. The van der Waals surface area contributed by atoms with E-state index in [1.165, 1.54) is 0 Å². The van der Waals surface area contributed by atoms with E-state index in [0.717, 1.165) is 0 Å². The van der Waals surface area contributed by atoms with Crippen LogP contribution in [-0.2, 0) is 20.2 Å². The van der Waals surface area contributed by atoms with Crippen molar-refractivity contribution < 1.29 is 35.4 Å². The summed E-state index contributed by atoms with van der Waals surface area (Å²) in [6, 6.07) is 16.6. The molecule has 0 heterocycles. The molecule has 2 aromatic carbocycles. The van der Waals surface area contributed by atoms with Crippen LogP contribution in [0, 0.1) is 0 Å². The largest absolute Gasteiger partial charge is 2.00 e. The minimum Gasteiger partial charge on any atom is -0.745 e. The summed E-state index contributed by atoms with van der Waals surface area (Å²) in [5.74, 6) is -0.901. The molecule has 0 aliphatic carbocycles. The number of ether oxygens (including phenoxy) is 2. The van der Waals surface area contributed by atoms with Gasteiger partial charge in [-0.3, -0.25) is 0 Å². The van der Waals surface area contributed by atoms with Crippen molar-refractivity contribution in [3.05, 3.63) is 60.7 Å². The van der Waals surface area contributed by atoms with Crippen LogP contribution < -0.4 is 9.47 Å². The molecule has 0 saturated heterocycles. The van der Waals surface area contributed by atoms with E-state index in [0.29, 0.717) is 11.5 Å². The average Bonchev–Trinajstić information content (AvgIpc) is 2.52. The third-order valence-corrected chi connectivity index (χ3v) is 3.04. The van der Waals surface area contributed by atoms with Gasteiger partial charge in [0.15, 0.2) is 11.9 Å². The third-order valence-electron chi connectivity index (χ3n) is 2.23. The van der Waals surface area contributed by atoms with Crippen molar-refractivity contribution in [2.75, 3.05) is 11.9 Å². The van der Waals surface area contributed by atoms with Crippen LogP contribution in [0.25, 0.3) is 0 Å². The zero-order valence-electron chi connectivity index (χ0n) is 13.0. The maximum atomic E-state index is 10.1. The van der Waals surface area contributed by atoms with Crippen molar-refractivity contribution in [3.63, 3.8) is 0 Å². The van der Waals surface area contributed by atoms with Crippen LogP contribution in [0.5, 0.6) is 11.5 Å². The van der Waals surface area contributed by atoms with Crippen LogP contribution in [0.15, 0.2) is 60.7 Å². The Hall–Kier alpha value is -0.569. The molecule has 0 N–H and O–H groups in total. The van der Waals surface area contributed by atoms with Gasteiger partial charge in [0, 0.05) is 0 Å². The summed E-state index contributed by atoms with van der Waals surface area (Å²) in [7, 11) is -8.59. The van der Waals surface area contributed by atoms with E-state index in [1.807, 2.05) is 0 Å². The molecule has 0 radical (unpaired) electrons. The van der Waals surface area contributed by atoms with Gasteiger partial charge in [0.1, 0.15) is 31.7 Å². The molecule has 0 amide bonds. The number of rotatable bonds is 6. The van der Waals surface area contributed by atoms with Crippen LogP contribution in [0.3, 0.4) is 0 Å². The molecule has 0 bridgehead atoms. The van der Waals surface area contributed by atoms with Gasteiger partial charge in [-0.25, -0.2) is 16.8 Å². The second-order valence-electron chi connectivity index (χ2n) is 4.27. The molecule has 132 valence electrons. The quantitative estimate of drug-likeness (QED) is 0.410. The van der Waals surface area contributed by atoms with Crippen molar-refractivity contribution >= 4 is 69.1 Å². The first-order valence-corrected chi connectivity index (χ1v) is 9.54. The first-order chi connectivity index (χ1) is 11.2. The normalized spacial score (nSPS) is 10.6. The predicted octanol–water partition coefficient (Wildman–Crippen LogP) is 0.755. The molecule has 8 nitrogen and oxygen atoms in total. The smallest absolute Gasteiger partial charge is 0.745 e. The van der Waals surface area contributed by atoms with Gasteiger partial charge >= 0.3 is 48.9 Å². The molecule has 2 aromatic rings. The van der Waals surface area contributed by atoms with E-state index in [-0.39, 0.29) is 48.9 Å². The Morgan fingerprint density at radius 3 is 1.16 bits per heavy atom. The van der Waals surface area contributed by atoms with Gasteiger partial charge in [0.25, 0.3) is 0 Å². The summed E-state index contributed by atoms with van der Waals surface area (Å²) in [6.45, 7) is 0. The summed E-state index contributed by atoms with van der Waals surface area (Å²) in [4.78, 5) is 0. The van der Waals surface area contributed by atoms with Gasteiger partial charge in [0.05, 0.1) is 0 Å². The Morgan fingerprint density at radius 1 is 0.640 bits per heavy atom. The number of hydrogen-bond donors (Lipinski definition) is 0. The van der Waals surface area contributed by atoms with Gasteiger partial charge in [-0.15, -0.1) is 0 Å². The minimum atomic E-state index is -4.29. The monoisotopic (exact) mass is 512 g/mol. The van der Waals surface area contributed by atoms with Gasteiger partial charge in [-0.05, 0) is 24.3 Å². The van der Waals surface area contributed by atoms with E-state index in [9.17, 15) is 25.9 Å². The van der Waals surface area contributed by atoms with Crippen LogP contribution >= 0.6 is 0 Å². The van der Waals surface area contributed by atoms with Crippen molar-refractivity contribution in [1.82, 2.24) is 0 Å². The van der Waals surface area contributed by atoms with Crippen molar-refractivity contribution in [1.29, 1.82) is 0 Å². The summed E-state index contributed by atoms with van der Waals surface area (Å²) in [6.07, 6.45) is 0. The zero-order valence-corrected chi connectivity index (χ0v) is 19.1. The molecule has 25 heavy (non-hydrogen) atoms. The molecule has 0 unspecified atom stereocenters. The van der Waals surface area contributed by atoms with E-state index in [2.05, 4.69) is 9.47 Å². The van der Waals surface area contributed by atoms with E-state index < -0.39 is 32.1 Å². The second-order valence-corrected chi connectivity index (χ2v) is 6.97. The summed E-state index contributed by atoms with van der Waals surface area (Å²) < 4.78 is 70.1. The predicted molar refractivity (Wildman–Crippen MR) is 89.0 cm³/mol. The molecule has 11 heteroatoms. The fraction of sp³-hybridized carbons (Fsp3) is 0.143. The van der Waals surface area contributed by atoms with E-state index >= 15 is 0 Å². The van der Waals surface area contributed by atoms with Gasteiger partial charge in [-0.2, -0.15) is 0 Å². The molecule has 0 spiro atoms. The average molecular weight is 512 g/mol. The first-order valence-electron chi connectivity index (χ1n) is 6.38. The summed E-state index contributed by atoms with van der Waals surface area (Å²) >= 11 is 0. The fourth-order valence-electron chi connectivity index (χ4n) is 1.31. The maximum absolute atomic E-state index is 10.1. The van der Waals surface area contributed by atoms with Gasteiger partial charge in [-0.1, -0.05) is 36.4 Å². The van der Waals surface area contributed by atoms with E-state index in [1.54, 1.807) is 60.7 Å². The Kier molecular flexibility index (Phi) is 11.7. The molecular formula is C14H14BaO8S2.